The van der Waals surface area contributed by atoms with Crippen LogP contribution in [0, 0.1) is 0 Å². The molecule has 17 nitrogen and oxygen atoms in total. The molecule has 5 amide bonds. The van der Waals surface area contributed by atoms with Gasteiger partial charge in [-0.05, 0) is 45.4 Å². The summed E-state index contributed by atoms with van der Waals surface area (Å²) in [6, 6.07) is -5.01. The molecule has 2 aliphatic rings. The highest BCUT2D eigenvalue weighted by atomic mass is 16.4. The van der Waals surface area contributed by atoms with Crippen molar-refractivity contribution in [3.63, 3.8) is 0 Å². The number of carboxylic acids is 1. The molecule has 0 aromatic carbocycles. The lowest BCUT2D eigenvalue weighted by Gasteiger charge is -2.30. The van der Waals surface area contributed by atoms with E-state index in [4.69, 9.17) is 27.4 Å². The lowest BCUT2D eigenvalue weighted by atomic mass is 10.1. The lowest BCUT2D eigenvalue weighted by Crippen LogP contribution is -2.56. The van der Waals surface area contributed by atoms with Crippen molar-refractivity contribution in [3.05, 3.63) is 0 Å². The highest BCUT2D eigenvalue weighted by molar-refractivity contribution is 5.96. The van der Waals surface area contributed by atoms with Gasteiger partial charge in [0, 0.05) is 19.6 Å². The Bertz CT molecular complexity index is 1020. The maximum atomic E-state index is 13.2. The topological polar surface area (TPSA) is 276 Å². The minimum atomic E-state index is -1.51. The number of aliphatic imine (C=N–C) groups is 1. The number of amides is 5. The Hall–Kier alpha value is -3.99. The fourth-order valence-corrected chi connectivity index (χ4v) is 4.80. The van der Waals surface area contributed by atoms with Crippen molar-refractivity contribution < 1.29 is 39.0 Å². The number of aliphatic hydroxyl groups is 1. The molecule has 0 saturated carbocycles. The van der Waals surface area contributed by atoms with Crippen molar-refractivity contribution in [1.82, 2.24) is 25.8 Å². The summed E-state index contributed by atoms with van der Waals surface area (Å²) >= 11 is 0. The molecule has 0 spiro atoms. The van der Waals surface area contributed by atoms with E-state index in [1.54, 1.807) is 0 Å². The van der Waals surface area contributed by atoms with Gasteiger partial charge in [-0.15, -0.1) is 0 Å². The molecule has 0 radical (unpaired) electrons. The van der Waals surface area contributed by atoms with E-state index in [2.05, 4.69) is 20.9 Å². The van der Waals surface area contributed by atoms with Crippen LogP contribution in [0.2, 0.25) is 0 Å². The molecule has 0 aromatic heterocycles. The molecule has 2 saturated heterocycles. The van der Waals surface area contributed by atoms with Gasteiger partial charge in [-0.1, -0.05) is 0 Å². The summed E-state index contributed by atoms with van der Waals surface area (Å²) in [7, 11) is 0. The molecule has 5 atom stereocenters. The molecular formula is C24H41N9O8. The number of carboxylic acid groups (broad SMARTS) is 1. The van der Waals surface area contributed by atoms with E-state index in [1.165, 1.54) is 16.7 Å². The predicted molar refractivity (Wildman–Crippen MR) is 145 cm³/mol. The Balaban J connectivity index is 1.90. The van der Waals surface area contributed by atoms with E-state index in [0.717, 1.165) is 0 Å². The second-order valence-corrected chi connectivity index (χ2v) is 10.0. The Morgan fingerprint density at radius 2 is 1.54 bits per heavy atom. The molecule has 0 aromatic rings. The van der Waals surface area contributed by atoms with Gasteiger partial charge in [0.2, 0.25) is 29.5 Å². The first-order valence-electron chi connectivity index (χ1n) is 13.5. The van der Waals surface area contributed by atoms with E-state index < -0.39 is 73.0 Å². The van der Waals surface area contributed by atoms with Crippen LogP contribution >= 0.6 is 0 Å². The minimum Gasteiger partial charge on any atom is -0.480 e. The van der Waals surface area contributed by atoms with Crippen LogP contribution in [0.15, 0.2) is 4.99 Å². The van der Waals surface area contributed by atoms with Gasteiger partial charge in [0.15, 0.2) is 5.96 Å². The van der Waals surface area contributed by atoms with Gasteiger partial charge in [0.25, 0.3) is 0 Å². The van der Waals surface area contributed by atoms with E-state index in [0.29, 0.717) is 51.6 Å². The van der Waals surface area contributed by atoms with Gasteiger partial charge in [-0.3, -0.25) is 29.0 Å². The fraction of sp³-hybridized carbons (Fsp3) is 0.708. The Kier molecular flexibility index (Phi) is 12.7. The summed E-state index contributed by atoms with van der Waals surface area (Å²) in [6.07, 6.45) is 2.68. The molecule has 17 heteroatoms. The number of hydrogen-bond acceptors (Lipinski definition) is 9. The first-order valence-corrected chi connectivity index (χ1v) is 13.5. The first-order chi connectivity index (χ1) is 19.4. The Labute approximate surface area is 237 Å². The van der Waals surface area contributed by atoms with Crippen LogP contribution < -0.4 is 33.2 Å². The number of nitrogens with two attached hydrogens (primary N) is 3. The third-order valence-corrected chi connectivity index (χ3v) is 6.93. The molecule has 41 heavy (non-hydrogen) atoms. The molecule has 2 aliphatic heterocycles. The van der Waals surface area contributed by atoms with Crippen molar-refractivity contribution in [2.45, 2.75) is 75.7 Å². The van der Waals surface area contributed by atoms with Gasteiger partial charge in [-0.25, -0.2) is 4.79 Å². The number of aliphatic hydroxyl groups excluding tert-OH is 1. The zero-order chi connectivity index (χ0) is 30.7. The van der Waals surface area contributed by atoms with Crippen molar-refractivity contribution in [2.24, 2.45) is 22.2 Å². The summed E-state index contributed by atoms with van der Waals surface area (Å²) in [5.74, 6) is -4.29. The molecule has 0 unspecified atom stereocenters. The number of carbonyl (C=O) groups is 6. The molecule has 11 N–H and O–H groups in total. The quantitative estimate of drug-likeness (QED) is 0.0548. The monoisotopic (exact) mass is 583 g/mol. The molecule has 2 fully saturated rings. The molecule has 0 aliphatic carbocycles. The second kappa shape index (κ2) is 15.7. The molecule has 230 valence electrons. The van der Waals surface area contributed by atoms with Crippen LogP contribution in [0.5, 0.6) is 0 Å². The van der Waals surface area contributed by atoms with Crippen molar-refractivity contribution in [1.29, 1.82) is 0 Å². The zero-order valence-corrected chi connectivity index (χ0v) is 23.1. The lowest BCUT2D eigenvalue weighted by molar-refractivity contribution is -0.144. The first kappa shape index (κ1) is 33.2. The summed E-state index contributed by atoms with van der Waals surface area (Å²) in [5, 5.41) is 25.0. The number of nitrogens with one attached hydrogen (secondary N) is 3. The normalized spacial score (nSPS) is 20.5. The van der Waals surface area contributed by atoms with E-state index in [-0.39, 0.29) is 18.4 Å². The Morgan fingerprint density at radius 1 is 0.951 bits per heavy atom. The number of guanidine groups is 1. The maximum Gasteiger partial charge on any atom is 0.328 e. The van der Waals surface area contributed by atoms with Crippen LogP contribution in [0.1, 0.15) is 45.4 Å². The molecular weight excluding hydrogens is 542 g/mol. The van der Waals surface area contributed by atoms with Crippen molar-refractivity contribution in [2.75, 3.05) is 32.8 Å². The number of likely N-dealkylation sites (tertiary alicyclic amines) is 2. The van der Waals surface area contributed by atoms with Crippen LogP contribution in [0.3, 0.4) is 0 Å². The standard InChI is InChI=1S/C24H41N9O8/c1-13(30-20(37)17-7-4-10-33(17)22(39)14(25)5-2-8-28-24(26)27)21(38)32-9-3-6-16(32)19(36)29-11-18(35)31-15(12-34)23(40)41/h13-17,34H,2-12,25H2,1H3,(H,29,36)(H,30,37)(H,31,35)(H,40,41)(H4,26,27,28)/t13-,14-,15-,16-,17-/m0/s1. The average molecular weight is 584 g/mol. The average Bonchev–Trinajstić information content (AvgIpc) is 3.61. The van der Waals surface area contributed by atoms with Gasteiger partial charge >= 0.3 is 5.97 Å². The summed E-state index contributed by atoms with van der Waals surface area (Å²) < 4.78 is 0. The SMILES string of the molecule is C[C@H](NC(=O)[C@@H]1CCCN1C(=O)[C@@H](N)CCCN=C(N)N)C(=O)N1CCC[C@H]1C(=O)NCC(=O)N[C@@H](CO)C(=O)O. The number of nitrogens with zero attached hydrogens (tertiary/aromatic N) is 3. The van der Waals surface area contributed by atoms with Gasteiger partial charge in [0.05, 0.1) is 19.2 Å². The minimum absolute atomic E-state index is 0.0527. The maximum absolute atomic E-state index is 13.2. The van der Waals surface area contributed by atoms with Gasteiger partial charge in [-0.2, -0.15) is 0 Å². The summed E-state index contributed by atoms with van der Waals surface area (Å²) in [4.78, 5) is 81.3. The van der Waals surface area contributed by atoms with E-state index in [9.17, 15) is 28.8 Å². The van der Waals surface area contributed by atoms with E-state index >= 15 is 0 Å². The number of aliphatic carboxylic acids is 1. The van der Waals surface area contributed by atoms with Crippen molar-refractivity contribution in [3.8, 4) is 0 Å². The molecule has 0 bridgehead atoms. The van der Waals surface area contributed by atoms with Crippen LogP contribution in [-0.2, 0) is 28.8 Å². The van der Waals surface area contributed by atoms with Crippen LogP contribution in [0.25, 0.3) is 0 Å². The van der Waals surface area contributed by atoms with Crippen LogP contribution in [-0.4, -0.2) is 124 Å². The van der Waals surface area contributed by atoms with Crippen molar-refractivity contribution >= 4 is 41.5 Å². The van der Waals surface area contributed by atoms with Crippen LogP contribution in [0.4, 0.5) is 0 Å². The zero-order valence-electron chi connectivity index (χ0n) is 23.1. The Morgan fingerprint density at radius 3 is 2.10 bits per heavy atom. The highest BCUT2D eigenvalue weighted by Crippen LogP contribution is 2.21. The van der Waals surface area contributed by atoms with Gasteiger partial charge in [0.1, 0.15) is 24.2 Å². The smallest absolute Gasteiger partial charge is 0.328 e. The van der Waals surface area contributed by atoms with E-state index in [1.807, 2.05) is 0 Å². The summed E-state index contributed by atoms with van der Waals surface area (Å²) in [6.45, 7) is 1.06. The fourth-order valence-electron chi connectivity index (χ4n) is 4.80. The molecule has 2 rings (SSSR count). The number of hydrogen-bond donors (Lipinski definition) is 8. The number of rotatable bonds is 14. The predicted octanol–water partition coefficient (Wildman–Crippen LogP) is -4.47. The molecule has 2 heterocycles. The third-order valence-electron chi connectivity index (χ3n) is 6.93. The number of carbonyl (C=O) groups excluding carboxylic acids is 5. The summed E-state index contributed by atoms with van der Waals surface area (Å²) in [5.41, 5.74) is 16.6. The highest BCUT2D eigenvalue weighted by Gasteiger charge is 2.39. The third kappa shape index (κ3) is 9.56. The van der Waals surface area contributed by atoms with Gasteiger partial charge < -0.3 is 53.2 Å². The largest absolute Gasteiger partial charge is 0.480 e. The second-order valence-electron chi connectivity index (χ2n) is 10.0.